The molecule has 0 bridgehead atoms. The third kappa shape index (κ3) is 4.22. The summed E-state index contributed by atoms with van der Waals surface area (Å²) in [6.07, 6.45) is 1.02. The number of furan rings is 1. The molecule has 0 radical (unpaired) electrons. The summed E-state index contributed by atoms with van der Waals surface area (Å²) in [5.41, 5.74) is 1.52. The molecule has 0 spiro atoms. The first-order valence-corrected chi connectivity index (χ1v) is 12.1. The van der Waals surface area contributed by atoms with Gasteiger partial charge >= 0.3 is 0 Å². The molecule has 2 heterocycles. The van der Waals surface area contributed by atoms with Gasteiger partial charge in [-0.05, 0) is 55.5 Å². The number of para-hydroxylation sites is 1. The number of rotatable bonds is 4. The first-order valence-electron chi connectivity index (χ1n) is 10.3. The number of hydrogen-bond donors (Lipinski definition) is 1. The van der Waals surface area contributed by atoms with Crippen LogP contribution in [0.5, 0.6) is 0 Å². The molecule has 1 amide bonds. The van der Waals surface area contributed by atoms with Crippen LogP contribution in [-0.2, 0) is 10.0 Å². The van der Waals surface area contributed by atoms with Gasteiger partial charge in [-0.3, -0.25) is 4.79 Å². The summed E-state index contributed by atoms with van der Waals surface area (Å²) in [7, 11) is -3.63. The van der Waals surface area contributed by atoms with Crippen molar-refractivity contribution < 1.29 is 17.6 Å². The lowest BCUT2D eigenvalue weighted by Crippen LogP contribution is -2.42. The Morgan fingerprint density at radius 2 is 1.81 bits per heavy atom. The number of benzene rings is 2. The Hall–Kier alpha value is -2.35. The average Bonchev–Trinajstić information content (AvgIpc) is 3.05. The Morgan fingerprint density at radius 1 is 1.13 bits per heavy atom. The Morgan fingerprint density at radius 3 is 2.48 bits per heavy atom. The lowest BCUT2D eigenvalue weighted by Gasteiger charge is -2.34. The standard InChI is InChI=1S/C23H25ClN2O4S/c1-14-10-15(2)13-26(12-14)31(28,29)17-8-9-21-18(11-17)16(3)22(30-21)23(27)25-20-7-5-4-6-19(20)24/h4-9,11,14-15H,10,12-13H2,1-3H3,(H,25,27)/t14-,15+. The summed E-state index contributed by atoms with van der Waals surface area (Å²) in [5.74, 6) is 0.325. The molecule has 0 saturated carbocycles. The van der Waals surface area contributed by atoms with E-state index in [1.807, 2.05) is 0 Å². The lowest BCUT2D eigenvalue weighted by molar-refractivity contribution is 0.0998. The number of carbonyl (C=O) groups is 1. The highest BCUT2D eigenvalue weighted by atomic mass is 35.5. The number of sulfonamides is 1. The molecule has 1 aliphatic rings. The van der Waals surface area contributed by atoms with Crippen molar-refractivity contribution in [1.82, 2.24) is 4.31 Å². The third-order valence-corrected chi connectivity index (χ3v) is 7.87. The SMILES string of the molecule is Cc1c(C(=O)Nc2ccccc2Cl)oc2ccc(S(=O)(=O)N3C[C@H](C)C[C@H](C)C3)cc12. The fraction of sp³-hybridized carbons (Fsp3) is 0.348. The van der Waals surface area contributed by atoms with Crippen LogP contribution in [0.15, 0.2) is 51.8 Å². The highest BCUT2D eigenvalue weighted by Crippen LogP contribution is 2.32. The van der Waals surface area contributed by atoms with Gasteiger partial charge in [-0.1, -0.05) is 37.6 Å². The van der Waals surface area contributed by atoms with Crippen LogP contribution in [0.4, 0.5) is 5.69 Å². The molecule has 8 heteroatoms. The molecule has 1 fully saturated rings. The third-order valence-electron chi connectivity index (χ3n) is 5.71. The van der Waals surface area contributed by atoms with Gasteiger partial charge < -0.3 is 9.73 Å². The maximum atomic E-state index is 13.3. The van der Waals surface area contributed by atoms with E-state index in [1.54, 1.807) is 53.7 Å². The predicted molar refractivity (Wildman–Crippen MR) is 122 cm³/mol. The van der Waals surface area contributed by atoms with Crippen LogP contribution < -0.4 is 5.32 Å². The molecule has 4 rings (SSSR count). The van der Waals surface area contributed by atoms with E-state index in [0.29, 0.717) is 52.2 Å². The molecule has 0 unspecified atom stereocenters. The normalized spacial score (nSPS) is 20.1. The summed E-state index contributed by atoms with van der Waals surface area (Å²) in [6.45, 7) is 6.92. The Balaban J connectivity index is 1.67. The van der Waals surface area contributed by atoms with Crippen molar-refractivity contribution in [3.63, 3.8) is 0 Å². The molecule has 164 valence electrons. The number of anilines is 1. The summed E-state index contributed by atoms with van der Waals surface area (Å²) in [4.78, 5) is 13.0. The van der Waals surface area contributed by atoms with Crippen molar-refractivity contribution in [2.75, 3.05) is 18.4 Å². The van der Waals surface area contributed by atoms with Crippen molar-refractivity contribution in [3.8, 4) is 0 Å². The van der Waals surface area contributed by atoms with Gasteiger partial charge in [0.15, 0.2) is 5.76 Å². The minimum absolute atomic E-state index is 0.129. The van der Waals surface area contributed by atoms with Gasteiger partial charge in [0.25, 0.3) is 5.91 Å². The molecule has 2 atom stereocenters. The number of nitrogens with one attached hydrogen (secondary N) is 1. The van der Waals surface area contributed by atoms with Gasteiger partial charge in [-0.25, -0.2) is 8.42 Å². The largest absolute Gasteiger partial charge is 0.451 e. The van der Waals surface area contributed by atoms with E-state index in [9.17, 15) is 13.2 Å². The Labute approximate surface area is 187 Å². The van der Waals surface area contributed by atoms with Crippen molar-refractivity contribution in [3.05, 3.63) is 58.8 Å². The Bertz CT molecular complexity index is 1240. The fourth-order valence-electron chi connectivity index (χ4n) is 4.27. The first-order chi connectivity index (χ1) is 14.7. The van der Waals surface area contributed by atoms with Gasteiger partial charge in [-0.15, -0.1) is 0 Å². The Kier molecular flexibility index (Phi) is 5.85. The first kappa shape index (κ1) is 21.9. The van der Waals surface area contributed by atoms with Crippen LogP contribution in [0.2, 0.25) is 5.02 Å². The molecular formula is C23H25ClN2O4S. The number of hydrogen-bond acceptors (Lipinski definition) is 4. The van der Waals surface area contributed by atoms with Crippen molar-refractivity contribution in [2.45, 2.75) is 32.1 Å². The smallest absolute Gasteiger partial charge is 0.291 e. The van der Waals surface area contributed by atoms with Crippen molar-refractivity contribution in [2.24, 2.45) is 11.8 Å². The molecule has 6 nitrogen and oxygen atoms in total. The van der Waals surface area contributed by atoms with Gasteiger partial charge in [0.1, 0.15) is 5.58 Å². The van der Waals surface area contributed by atoms with Crippen LogP contribution in [0, 0.1) is 18.8 Å². The number of aryl methyl sites for hydroxylation is 1. The van der Waals surface area contributed by atoms with E-state index < -0.39 is 15.9 Å². The van der Waals surface area contributed by atoms with E-state index >= 15 is 0 Å². The molecule has 1 N–H and O–H groups in total. The zero-order chi connectivity index (χ0) is 22.3. The number of halogens is 1. The van der Waals surface area contributed by atoms with E-state index in [2.05, 4.69) is 19.2 Å². The van der Waals surface area contributed by atoms with Crippen LogP contribution >= 0.6 is 11.6 Å². The van der Waals surface area contributed by atoms with E-state index in [0.717, 1.165) is 6.42 Å². The lowest BCUT2D eigenvalue weighted by atomic mass is 9.94. The van der Waals surface area contributed by atoms with E-state index in [-0.39, 0.29) is 10.7 Å². The fourth-order valence-corrected chi connectivity index (χ4v) is 6.16. The van der Waals surface area contributed by atoms with Crippen LogP contribution in [0.1, 0.15) is 36.4 Å². The van der Waals surface area contributed by atoms with Crippen LogP contribution in [-0.4, -0.2) is 31.7 Å². The van der Waals surface area contributed by atoms with Gasteiger partial charge in [-0.2, -0.15) is 4.31 Å². The quantitative estimate of drug-likeness (QED) is 0.571. The van der Waals surface area contributed by atoms with Gasteiger partial charge in [0, 0.05) is 24.0 Å². The van der Waals surface area contributed by atoms with Crippen molar-refractivity contribution >= 4 is 44.2 Å². The maximum absolute atomic E-state index is 13.3. The number of nitrogens with zero attached hydrogens (tertiary/aromatic N) is 1. The second-order valence-electron chi connectivity index (χ2n) is 8.42. The van der Waals surface area contributed by atoms with E-state index in [1.165, 1.54) is 0 Å². The van der Waals surface area contributed by atoms with Crippen molar-refractivity contribution in [1.29, 1.82) is 0 Å². The second kappa shape index (κ2) is 8.30. The molecule has 1 aromatic heterocycles. The maximum Gasteiger partial charge on any atom is 0.291 e. The summed E-state index contributed by atoms with van der Waals surface area (Å²) in [5, 5.41) is 3.76. The molecule has 2 aromatic carbocycles. The average molecular weight is 461 g/mol. The highest BCUT2D eigenvalue weighted by molar-refractivity contribution is 7.89. The minimum Gasteiger partial charge on any atom is -0.451 e. The molecule has 31 heavy (non-hydrogen) atoms. The molecule has 0 aliphatic carbocycles. The minimum atomic E-state index is -3.63. The zero-order valence-electron chi connectivity index (χ0n) is 17.7. The second-order valence-corrected chi connectivity index (χ2v) is 10.8. The van der Waals surface area contributed by atoms with Gasteiger partial charge in [0.05, 0.1) is 15.6 Å². The number of fused-ring (bicyclic) bond motifs is 1. The zero-order valence-corrected chi connectivity index (χ0v) is 19.3. The topological polar surface area (TPSA) is 79.6 Å². The van der Waals surface area contributed by atoms with Gasteiger partial charge in [0.2, 0.25) is 10.0 Å². The molecule has 3 aromatic rings. The number of carbonyl (C=O) groups excluding carboxylic acids is 1. The number of piperidine rings is 1. The van der Waals surface area contributed by atoms with E-state index in [4.69, 9.17) is 16.0 Å². The summed E-state index contributed by atoms with van der Waals surface area (Å²) in [6, 6.07) is 11.7. The highest BCUT2D eigenvalue weighted by Gasteiger charge is 2.32. The summed E-state index contributed by atoms with van der Waals surface area (Å²) < 4.78 is 33.8. The predicted octanol–water partition coefficient (Wildman–Crippen LogP) is 5.31. The molecule has 1 saturated heterocycles. The monoisotopic (exact) mass is 460 g/mol. The van der Waals surface area contributed by atoms with Crippen LogP contribution in [0.3, 0.4) is 0 Å². The summed E-state index contributed by atoms with van der Waals surface area (Å²) >= 11 is 6.12. The molecule has 1 aliphatic heterocycles. The van der Waals surface area contributed by atoms with Crippen LogP contribution in [0.25, 0.3) is 11.0 Å². The number of amides is 1. The molecular weight excluding hydrogens is 436 g/mol.